The van der Waals surface area contributed by atoms with Crippen molar-refractivity contribution in [3.8, 4) is 17.2 Å². The molecule has 1 aromatic heterocycles. The van der Waals surface area contributed by atoms with Crippen LogP contribution >= 0.6 is 11.8 Å². The molecule has 0 saturated heterocycles. The van der Waals surface area contributed by atoms with Crippen LogP contribution in [0.5, 0.6) is 0 Å². The third-order valence-electron chi connectivity index (χ3n) is 4.63. The van der Waals surface area contributed by atoms with E-state index in [0.717, 1.165) is 48.1 Å². The molecule has 1 aliphatic rings. The van der Waals surface area contributed by atoms with Gasteiger partial charge in [-0.05, 0) is 43.7 Å². The van der Waals surface area contributed by atoms with E-state index in [-0.39, 0.29) is 24.6 Å². The number of fused-ring (bicyclic) bond motifs is 1. The lowest BCUT2D eigenvalue weighted by Gasteiger charge is -2.21. The Bertz CT molecular complexity index is 920. The zero-order valence-corrected chi connectivity index (χ0v) is 16.7. The standard InChI is InChI=1S/C22H22N2O3S/c1-2-27-20(26)12-16(25)14-28-22-18(13-23)21(15-8-4-3-5-9-15)17-10-6-7-11-19(17)24-22/h3-5,8-9H,2,6-7,10-12,14H2,1H3. The molecular weight excluding hydrogens is 372 g/mol. The molecule has 1 aromatic carbocycles. The summed E-state index contributed by atoms with van der Waals surface area (Å²) in [5, 5.41) is 10.4. The Hall–Kier alpha value is -2.65. The van der Waals surface area contributed by atoms with E-state index < -0.39 is 5.97 Å². The highest BCUT2D eigenvalue weighted by atomic mass is 32.2. The van der Waals surface area contributed by atoms with Gasteiger partial charge in [0.2, 0.25) is 0 Å². The van der Waals surface area contributed by atoms with Crippen molar-refractivity contribution in [3.63, 3.8) is 0 Å². The second-order valence-electron chi connectivity index (χ2n) is 6.59. The van der Waals surface area contributed by atoms with Gasteiger partial charge in [-0.25, -0.2) is 4.98 Å². The minimum Gasteiger partial charge on any atom is -0.466 e. The fourth-order valence-corrected chi connectivity index (χ4v) is 4.29. The van der Waals surface area contributed by atoms with Crippen LogP contribution in [0.3, 0.4) is 0 Å². The predicted octanol–water partition coefficient (Wildman–Crippen LogP) is 4.11. The van der Waals surface area contributed by atoms with Crippen molar-refractivity contribution in [1.29, 1.82) is 5.26 Å². The van der Waals surface area contributed by atoms with Gasteiger partial charge in [-0.3, -0.25) is 9.59 Å². The molecule has 0 radical (unpaired) electrons. The molecule has 0 amide bonds. The van der Waals surface area contributed by atoms with Crippen LogP contribution in [0.4, 0.5) is 0 Å². The highest BCUT2D eigenvalue weighted by Crippen LogP contribution is 2.37. The first kappa shape index (κ1) is 20.1. The van der Waals surface area contributed by atoms with Gasteiger partial charge >= 0.3 is 5.97 Å². The molecule has 0 fully saturated rings. The molecule has 0 aliphatic heterocycles. The zero-order chi connectivity index (χ0) is 19.9. The molecule has 28 heavy (non-hydrogen) atoms. The molecular formula is C22H22N2O3S. The van der Waals surface area contributed by atoms with E-state index in [1.54, 1.807) is 6.92 Å². The van der Waals surface area contributed by atoms with E-state index in [1.165, 1.54) is 11.8 Å². The Kier molecular flexibility index (Phi) is 6.83. The van der Waals surface area contributed by atoms with Crippen molar-refractivity contribution in [2.45, 2.75) is 44.1 Å². The predicted molar refractivity (Wildman–Crippen MR) is 108 cm³/mol. The summed E-state index contributed by atoms with van der Waals surface area (Å²) in [6, 6.07) is 12.2. The smallest absolute Gasteiger partial charge is 0.313 e. The molecule has 6 heteroatoms. The highest BCUT2D eigenvalue weighted by molar-refractivity contribution is 8.00. The lowest BCUT2D eigenvalue weighted by Crippen LogP contribution is -2.14. The van der Waals surface area contributed by atoms with Crippen molar-refractivity contribution in [1.82, 2.24) is 4.98 Å². The molecule has 3 rings (SSSR count). The zero-order valence-electron chi connectivity index (χ0n) is 15.9. The summed E-state index contributed by atoms with van der Waals surface area (Å²) in [6.07, 6.45) is 3.70. The summed E-state index contributed by atoms with van der Waals surface area (Å²) in [6.45, 7) is 1.96. The molecule has 0 unspecified atom stereocenters. The molecule has 144 valence electrons. The van der Waals surface area contributed by atoms with Gasteiger partial charge in [0.05, 0.1) is 17.9 Å². The third kappa shape index (κ3) is 4.60. The van der Waals surface area contributed by atoms with Gasteiger partial charge < -0.3 is 4.74 Å². The molecule has 0 N–H and O–H groups in total. The minimum absolute atomic E-state index is 0.0908. The average Bonchev–Trinajstić information content (AvgIpc) is 2.71. The number of benzene rings is 1. The maximum absolute atomic E-state index is 12.1. The third-order valence-corrected chi connectivity index (χ3v) is 5.67. The van der Waals surface area contributed by atoms with Crippen LogP contribution in [-0.4, -0.2) is 29.1 Å². The van der Waals surface area contributed by atoms with Crippen molar-refractivity contribution < 1.29 is 14.3 Å². The first-order valence-electron chi connectivity index (χ1n) is 9.45. The number of pyridine rings is 1. The normalized spacial score (nSPS) is 12.7. The van der Waals surface area contributed by atoms with Gasteiger partial charge in [-0.15, -0.1) is 0 Å². The van der Waals surface area contributed by atoms with E-state index in [1.807, 2.05) is 30.3 Å². The quantitative estimate of drug-likeness (QED) is 0.399. The van der Waals surface area contributed by atoms with Crippen LogP contribution in [-0.2, 0) is 27.2 Å². The summed E-state index contributed by atoms with van der Waals surface area (Å²) in [7, 11) is 0. The number of nitriles is 1. The van der Waals surface area contributed by atoms with Gasteiger partial charge in [-0.2, -0.15) is 5.26 Å². The van der Waals surface area contributed by atoms with E-state index in [9.17, 15) is 14.9 Å². The number of carbonyl (C=O) groups excluding carboxylic acids is 2. The summed E-state index contributed by atoms with van der Waals surface area (Å²) < 4.78 is 4.82. The second kappa shape index (κ2) is 9.52. The number of ketones is 1. The van der Waals surface area contributed by atoms with Crippen molar-refractivity contribution in [3.05, 3.63) is 47.2 Å². The number of ether oxygens (including phenoxy) is 1. The molecule has 5 nitrogen and oxygen atoms in total. The molecule has 1 aliphatic carbocycles. The molecule has 0 saturated carbocycles. The summed E-state index contributed by atoms with van der Waals surface area (Å²) in [4.78, 5) is 28.3. The maximum Gasteiger partial charge on any atom is 0.313 e. The topological polar surface area (TPSA) is 80.1 Å². The van der Waals surface area contributed by atoms with E-state index in [2.05, 4.69) is 6.07 Å². The lowest BCUT2D eigenvalue weighted by molar-refractivity contribution is -0.145. The van der Waals surface area contributed by atoms with Crippen molar-refractivity contribution in [2.24, 2.45) is 0 Å². The Morgan fingerprint density at radius 1 is 1.21 bits per heavy atom. The number of carbonyl (C=O) groups is 2. The lowest BCUT2D eigenvalue weighted by atomic mass is 9.87. The Morgan fingerprint density at radius 3 is 2.68 bits per heavy atom. The van der Waals surface area contributed by atoms with E-state index in [4.69, 9.17) is 9.72 Å². The van der Waals surface area contributed by atoms with Crippen LogP contribution in [0, 0.1) is 11.3 Å². The first-order chi connectivity index (χ1) is 13.6. The number of aryl methyl sites for hydroxylation is 1. The van der Waals surface area contributed by atoms with Gasteiger partial charge in [0, 0.05) is 11.3 Å². The van der Waals surface area contributed by atoms with Crippen LogP contribution in [0.1, 0.15) is 43.0 Å². The van der Waals surface area contributed by atoms with Gasteiger partial charge in [-0.1, -0.05) is 42.1 Å². The van der Waals surface area contributed by atoms with Crippen LogP contribution in [0.15, 0.2) is 35.4 Å². The number of aromatic nitrogens is 1. The van der Waals surface area contributed by atoms with Gasteiger partial charge in [0.25, 0.3) is 0 Å². The number of rotatable bonds is 7. The Balaban J connectivity index is 1.93. The number of hydrogen-bond acceptors (Lipinski definition) is 6. The van der Waals surface area contributed by atoms with Crippen LogP contribution in [0.25, 0.3) is 11.1 Å². The van der Waals surface area contributed by atoms with E-state index in [0.29, 0.717) is 10.6 Å². The summed E-state index contributed by atoms with van der Waals surface area (Å²) >= 11 is 1.23. The number of esters is 1. The molecule has 0 atom stereocenters. The fourth-order valence-electron chi connectivity index (χ4n) is 3.42. The number of nitrogens with zero attached hydrogens (tertiary/aromatic N) is 2. The summed E-state index contributed by atoms with van der Waals surface area (Å²) in [5.41, 5.74) is 4.62. The van der Waals surface area contributed by atoms with Crippen LogP contribution in [0.2, 0.25) is 0 Å². The fraction of sp³-hybridized carbons (Fsp3) is 0.364. The largest absolute Gasteiger partial charge is 0.466 e. The van der Waals surface area contributed by atoms with E-state index >= 15 is 0 Å². The number of thioether (sulfide) groups is 1. The highest BCUT2D eigenvalue weighted by Gasteiger charge is 2.23. The first-order valence-corrected chi connectivity index (χ1v) is 10.4. The van der Waals surface area contributed by atoms with Gasteiger partial charge in [0.1, 0.15) is 17.5 Å². The van der Waals surface area contributed by atoms with Crippen molar-refractivity contribution >= 4 is 23.5 Å². The number of Topliss-reactive ketones (excluding diaryl/α,β-unsaturated/α-hetero) is 1. The van der Waals surface area contributed by atoms with Gasteiger partial charge in [0.15, 0.2) is 5.78 Å². The monoisotopic (exact) mass is 394 g/mol. The number of hydrogen-bond donors (Lipinski definition) is 0. The Morgan fingerprint density at radius 2 is 1.96 bits per heavy atom. The molecule has 0 spiro atoms. The molecule has 2 aromatic rings. The SMILES string of the molecule is CCOC(=O)CC(=O)CSc1nc2c(c(-c3ccccc3)c1C#N)CCCC2. The van der Waals surface area contributed by atoms with Crippen LogP contribution < -0.4 is 0 Å². The molecule has 0 bridgehead atoms. The second-order valence-corrected chi connectivity index (χ2v) is 7.55. The Labute approximate surface area is 169 Å². The minimum atomic E-state index is -0.517. The molecule has 1 heterocycles. The van der Waals surface area contributed by atoms with Crippen molar-refractivity contribution in [2.75, 3.05) is 12.4 Å². The summed E-state index contributed by atoms with van der Waals surface area (Å²) in [5.74, 6) is -0.654. The average molecular weight is 394 g/mol. The maximum atomic E-state index is 12.1.